The average Bonchev–Trinajstić information content (AvgIpc) is 2.93. The fourth-order valence-electron chi connectivity index (χ4n) is 3.45. The number of hydrogen-bond acceptors (Lipinski definition) is 4. The number of fused-ring (bicyclic) bond motifs is 1. The Bertz CT molecular complexity index is 565. The molecule has 0 radical (unpaired) electrons. The van der Waals surface area contributed by atoms with Crippen molar-refractivity contribution in [3.63, 3.8) is 0 Å². The highest BCUT2D eigenvalue weighted by Gasteiger charge is 2.36. The Morgan fingerprint density at radius 1 is 1.26 bits per heavy atom. The molecule has 1 aromatic rings. The maximum absolute atomic E-state index is 12.6. The third kappa shape index (κ3) is 3.47. The first kappa shape index (κ1) is 16.2. The average molecular weight is 317 g/mol. The lowest BCUT2D eigenvalue weighted by molar-refractivity contribution is 0.0861. The smallest absolute Gasteiger partial charge is 0.319 e. The number of urea groups is 1. The van der Waals surface area contributed by atoms with Gasteiger partial charge in [-0.15, -0.1) is 5.10 Å². The molecule has 0 aliphatic carbocycles. The van der Waals surface area contributed by atoms with Gasteiger partial charge in [-0.25, -0.2) is 4.79 Å². The van der Waals surface area contributed by atoms with Gasteiger partial charge < -0.3 is 4.90 Å². The van der Waals surface area contributed by atoms with Gasteiger partial charge in [0, 0.05) is 30.6 Å². The number of nitrogens with one attached hydrogen (secondary N) is 1. The maximum Gasteiger partial charge on any atom is 0.323 e. The zero-order valence-corrected chi connectivity index (χ0v) is 14.5. The minimum atomic E-state index is -0.0677. The summed E-state index contributed by atoms with van der Waals surface area (Å²) in [5, 5.41) is 11.3. The summed E-state index contributed by atoms with van der Waals surface area (Å²) in [6.07, 6.45) is 2.43. The Morgan fingerprint density at radius 3 is 2.70 bits per heavy atom. The number of aromatic nitrogens is 2. The van der Waals surface area contributed by atoms with E-state index in [1.165, 1.54) is 19.4 Å². The molecule has 0 spiro atoms. The van der Waals surface area contributed by atoms with E-state index in [1.54, 1.807) is 0 Å². The molecule has 6 heteroatoms. The van der Waals surface area contributed by atoms with Crippen molar-refractivity contribution in [1.29, 1.82) is 0 Å². The Morgan fingerprint density at radius 2 is 2.04 bits per heavy atom. The van der Waals surface area contributed by atoms with Crippen LogP contribution >= 0.6 is 0 Å². The fraction of sp³-hybridized carbons (Fsp3) is 0.706. The van der Waals surface area contributed by atoms with Crippen LogP contribution in [0.3, 0.4) is 0 Å². The minimum Gasteiger partial charge on any atom is -0.319 e. The summed E-state index contributed by atoms with van der Waals surface area (Å²) in [5.41, 5.74) is 0.881. The van der Waals surface area contributed by atoms with Crippen molar-refractivity contribution in [2.24, 2.45) is 0 Å². The minimum absolute atomic E-state index is 0.0388. The van der Waals surface area contributed by atoms with Gasteiger partial charge in [-0.3, -0.25) is 10.2 Å². The zero-order chi connectivity index (χ0) is 16.6. The van der Waals surface area contributed by atoms with Gasteiger partial charge in [-0.1, -0.05) is 20.8 Å². The number of carbonyl (C=O) groups excluding carboxylic acids is 1. The Kier molecular flexibility index (Phi) is 4.27. The van der Waals surface area contributed by atoms with Gasteiger partial charge in [-0.05, 0) is 38.4 Å². The fourth-order valence-corrected chi connectivity index (χ4v) is 3.45. The van der Waals surface area contributed by atoms with Crippen LogP contribution in [0, 0.1) is 0 Å². The van der Waals surface area contributed by atoms with Crippen LogP contribution in [0.2, 0.25) is 0 Å². The molecule has 2 saturated heterocycles. The van der Waals surface area contributed by atoms with E-state index in [1.807, 2.05) is 17.0 Å². The molecule has 3 heterocycles. The molecule has 0 aromatic carbocycles. The molecule has 0 bridgehead atoms. The molecule has 23 heavy (non-hydrogen) atoms. The topological polar surface area (TPSA) is 61.4 Å². The van der Waals surface area contributed by atoms with E-state index in [0.717, 1.165) is 18.8 Å². The molecule has 0 saturated carbocycles. The van der Waals surface area contributed by atoms with Crippen molar-refractivity contribution in [1.82, 2.24) is 20.0 Å². The van der Waals surface area contributed by atoms with E-state index in [2.05, 4.69) is 48.1 Å². The van der Waals surface area contributed by atoms with Crippen LogP contribution in [0.15, 0.2) is 12.1 Å². The van der Waals surface area contributed by atoms with Crippen LogP contribution in [0.4, 0.5) is 10.6 Å². The van der Waals surface area contributed by atoms with Gasteiger partial charge >= 0.3 is 6.03 Å². The first-order valence-electron chi connectivity index (χ1n) is 8.50. The van der Waals surface area contributed by atoms with E-state index in [9.17, 15) is 4.79 Å². The highest BCUT2D eigenvalue weighted by molar-refractivity contribution is 5.88. The van der Waals surface area contributed by atoms with Crippen molar-refractivity contribution in [3.05, 3.63) is 17.8 Å². The van der Waals surface area contributed by atoms with Gasteiger partial charge in [0.15, 0.2) is 5.82 Å². The molecule has 3 rings (SSSR count). The third-order valence-corrected chi connectivity index (χ3v) is 4.87. The number of carbonyl (C=O) groups is 1. The SMILES string of the molecule is C[C@@H]1CN2CCC[C@@H]2CN1C(=O)Nc1ccc(C(C)(C)C)nn1. The van der Waals surface area contributed by atoms with Crippen LogP contribution in [-0.2, 0) is 5.41 Å². The summed E-state index contributed by atoms with van der Waals surface area (Å²) in [4.78, 5) is 17.0. The van der Waals surface area contributed by atoms with Crippen LogP contribution in [-0.4, -0.2) is 57.7 Å². The number of amides is 2. The summed E-state index contributed by atoms with van der Waals surface area (Å²) in [6, 6.07) is 4.45. The van der Waals surface area contributed by atoms with Gasteiger partial charge in [-0.2, -0.15) is 5.10 Å². The van der Waals surface area contributed by atoms with E-state index < -0.39 is 0 Å². The second-order valence-electron chi connectivity index (χ2n) is 7.78. The molecule has 0 unspecified atom stereocenters. The summed E-state index contributed by atoms with van der Waals surface area (Å²) in [7, 11) is 0. The molecule has 6 nitrogen and oxygen atoms in total. The third-order valence-electron chi connectivity index (χ3n) is 4.87. The number of rotatable bonds is 1. The normalized spacial score (nSPS) is 25.3. The predicted octanol–water partition coefficient (Wildman–Crippen LogP) is 2.47. The molecule has 2 atom stereocenters. The summed E-state index contributed by atoms with van der Waals surface area (Å²) in [5.74, 6) is 0.518. The summed E-state index contributed by atoms with van der Waals surface area (Å²) in [6.45, 7) is 11.3. The van der Waals surface area contributed by atoms with Crippen LogP contribution in [0.5, 0.6) is 0 Å². The van der Waals surface area contributed by atoms with E-state index in [0.29, 0.717) is 11.9 Å². The Hall–Kier alpha value is -1.69. The summed E-state index contributed by atoms with van der Waals surface area (Å²) < 4.78 is 0. The number of nitrogens with zero attached hydrogens (tertiary/aromatic N) is 4. The van der Waals surface area contributed by atoms with E-state index in [-0.39, 0.29) is 17.5 Å². The second kappa shape index (κ2) is 6.07. The lowest BCUT2D eigenvalue weighted by Gasteiger charge is -2.42. The highest BCUT2D eigenvalue weighted by atomic mass is 16.2. The quantitative estimate of drug-likeness (QED) is 0.864. The van der Waals surface area contributed by atoms with Crippen LogP contribution < -0.4 is 5.32 Å². The van der Waals surface area contributed by atoms with E-state index >= 15 is 0 Å². The van der Waals surface area contributed by atoms with Crippen molar-refractivity contribution >= 4 is 11.8 Å². The predicted molar refractivity (Wildman–Crippen MR) is 90.5 cm³/mol. The van der Waals surface area contributed by atoms with Gasteiger partial charge in [0.05, 0.1) is 5.69 Å². The zero-order valence-electron chi connectivity index (χ0n) is 14.5. The number of anilines is 1. The monoisotopic (exact) mass is 317 g/mol. The molecule has 2 aliphatic rings. The van der Waals surface area contributed by atoms with Crippen molar-refractivity contribution in [2.45, 2.75) is 58.0 Å². The van der Waals surface area contributed by atoms with Crippen molar-refractivity contribution < 1.29 is 4.79 Å². The first-order valence-corrected chi connectivity index (χ1v) is 8.50. The van der Waals surface area contributed by atoms with Gasteiger partial charge in [0.25, 0.3) is 0 Å². The largest absolute Gasteiger partial charge is 0.323 e. The molecule has 126 valence electrons. The Balaban J connectivity index is 1.64. The second-order valence-corrected chi connectivity index (χ2v) is 7.78. The first-order chi connectivity index (χ1) is 10.8. The molecule has 1 N–H and O–H groups in total. The molecule has 2 amide bonds. The van der Waals surface area contributed by atoms with Gasteiger partial charge in [0.2, 0.25) is 0 Å². The van der Waals surface area contributed by atoms with Crippen molar-refractivity contribution in [2.75, 3.05) is 25.0 Å². The highest BCUT2D eigenvalue weighted by Crippen LogP contribution is 2.25. The molecular formula is C17H27N5O. The lowest BCUT2D eigenvalue weighted by atomic mass is 9.92. The molecule has 2 fully saturated rings. The molecule has 1 aromatic heterocycles. The molecular weight excluding hydrogens is 290 g/mol. The molecule has 2 aliphatic heterocycles. The van der Waals surface area contributed by atoms with Crippen LogP contribution in [0.1, 0.15) is 46.2 Å². The Labute approximate surface area is 138 Å². The number of piperazine rings is 1. The van der Waals surface area contributed by atoms with E-state index in [4.69, 9.17) is 0 Å². The summed E-state index contributed by atoms with van der Waals surface area (Å²) >= 11 is 0. The lowest BCUT2D eigenvalue weighted by Crippen LogP contribution is -2.57. The van der Waals surface area contributed by atoms with Crippen LogP contribution in [0.25, 0.3) is 0 Å². The maximum atomic E-state index is 12.6. The van der Waals surface area contributed by atoms with Gasteiger partial charge in [0.1, 0.15) is 0 Å². The standard InChI is InChI=1S/C17H27N5O/c1-12-10-21-9-5-6-13(21)11-22(12)16(23)18-15-8-7-14(19-20-15)17(2,3)4/h7-8,12-13H,5-6,9-11H2,1-4H3,(H,18,20,23)/t12-,13-/m1/s1. The number of hydrogen-bond donors (Lipinski definition) is 1. The van der Waals surface area contributed by atoms with Crippen molar-refractivity contribution in [3.8, 4) is 0 Å².